The summed E-state index contributed by atoms with van der Waals surface area (Å²) in [5, 5.41) is 6.86. The summed E-state index contributed by atoms with van der Waals surface area (Å²) in [6.07, 6.45) is 1.99. The molecule has 4 rings (SSSR count). The van der Waals surface area contributed by atoms with Gasteiger partial charge in [0, 0.05) is 37.4 Å². The number of piperidine rings is 1. The minimum atomic E-state index is -0.320. The first-order valence-electron chi connectivity index (χ1n) is 9.33. The van der Waals surface area contributed by atoms with E-state index >= 15 is 0 Å². The molecule has 3 heterocycles. The second-order valence-corrected chi connectivity index (χ2v) is 7.31. The number of hydrogen-bond donors (Lipinski definition) is 3. The second kappa shape index (κ2) is 7.66. The maximum absolute atomic E-state index is 13.0. The topological polar surface area (TPSA) is 82.4 Å². The molecule has 0 radical (unpaired) electrons. The number of rotatable bonds is 3. The zero-order valence-corrected chi connectivity index (χ0v) is 15.2. The highest BCUT2D eigenvalue weighted by molar-refractivity contribution is 5.89. The summed E-state index contributed by atoms with van der Waals surface area (Å²) in [6, 6.07) is 7.83. The van der Waals surface area contributed by atoms with Crippen LogP contribution in [0.4, 0.5) is 14.9 Å². The molecule has 2 fully saturated rings. The standard InChI is InChI=1S/C19H24FN5O2/c1-12-9-17(27-24-12)16-10-21-23-18(16)13-3-2-8-25(11-13)19(26)22-15-6-4-14(20)5-7-15/h4-7,9,13,16,18,21,23H,2-3,8,10-11H2,1H3,(H,22,26). The SMILES string of the molecule is Cc1cc(C2CNNC2C2CCCN(C(=O)Nc3ccc(F)cc3)C2)on1. The summed E-state index contributed by atoms with van der Waals surface area (Å²) in [6.45, 7) is 4.07. The number of aryl methyl sites for hydroxylation is 1. The number of hydrazine groups is 1. The minimum Gasteiger partial charge on any atom is -0.361 e. The number of hydrogen-bond acceptors (Lipinski definition) is 5. The lowest BCUT2D eigenvalue weighted by atomic mass is 9.83. The quantitative estimate of drug-likeness (QED) is 0.770. The third-order valence-electron chi connectivity index (χ3n) is 5.38. The average Bonchev–Trinajstić information content (AvgIpc) is 3.32. The van der Waals surface area contributed by atoms with Gasteiger partial charge in [0.25, 0.3) is 0 Å². The minimum absolute atomic E-state index is 0.149. The van der Waals surface area contributed by atoms with Crippen LogP contribution in [0, 0.1) is 18.7 Å². The normalized spacial score (nSPS) is 25.6. The molecule has 1 aromatic heterocycles. The molecule has 0 saturated carbocycles. The first kappa shape index (κ1) is 17.9. The molecule has 2 aromatic rings. The zero-order valence-electron chi connectivity index (χ0n) is 15.2. The van der Waals surface area contributed by atoms with Crippen molar-refractivity contribution in [2.45, 2.75) is 31.7 Å². The molecule has 2 saturated heterocycles. The Balaban J connectivity index is 1.41. The number of aromatic nitrogens is 1. The molecule has 144 valence electrons. The number of urea groups is 1. The monoisotopic (exact) mass is 373 g/mol. The van der Waals surface area contributed by atoms with Crippen molar-refractivity contribution < 1.29 is 13.7 Å². The molecule has 0 bridgehead atoms. The van der Waals surface area contributed by atoms with Crippen molar-refractivity contribution in [3.8, 4) is 0 Å². The van der Waals surface area contributed by atoms with Gasteiger partial charge in [0.1, 0.15) is 11.6 Å². The number of likely N-dealkylation sites (tertiary alicyclic amines) is 1. The van der Waals surface area contributed by atoms with E-state index in [1.807, 2.05) is 17.9 Å². The molecular formula is C19H24FN5O2. The number of amides is 2. The lowest BCUT2D eigenvalue weighted by Crippen LogP contribution is -2.49. The fraction of sp³-hybridized carbons (Fsp3) is 0.474. The molecule has 0 aliphatic carbocycles. The molecule has 7 nitrogen and oxygen atoms in total. The molecule has 2 aliphatic heterocycles. The van der Waals surface area contributed by atoms with Gasteiger partial charge in [-0.1, -0.05) is 5.16 Å². The second-order valence-electron chi connectivity index (χ2n) is 7.31. The van der Waals surface area contributed by atoms with Gasteiger partial charge in [0.05, 0.1) is 11.6 Å². The number of nitrogens with one attached hydrogen (secondary N) is 3. The van der Waals surface area contributed by atoms with Crippen LogP contribution >= 0.6 is 0 Å². The largest absolute Gasteiger partial charge is 0.361 e. The fourth-order valence-corrected chi connectivity index (χ4v) is 4.02. The van der Waals surface area contributed by atoms with Crippen molar-refractivity contribution in [2.24, 2.45) is 5.92 Å². The maximum Gasteiger partial charge on any atom is 0.321 e. The molecule has 3 N–H and O–H groups in total. The van der Waals surface area contributed by atoms with E-state index in [0.717, 1.165) is 37.4 Å². The van der Waals surface area contributed by atoms with Gasteiger partial charge in [-0.2, -0.15) is 0 Å². The Kier molecular flexibility index (Phi) is 5.09. The lowest BCUT2D eigenvalue weighted by Gasteiger charge is -2.36. The third kappa shape index (κ3) is 3.96. The van der Waals surface area contributed by atoms with Gasteiger partial charge in [-0.15, -0.1) is 0 Å². The number of halogens is 1. The van der Waals surface area contributed by atoms with Crippen LogP contribution in [-0.4, -0.2) is 41.8 Å². The molecule has 8 heteroatoms. The van der Waals surface area contributed by atoms with E-state index in [2.05, 4.69) is 21.3 Å². The highest BCUT2D eigenvalue weighted by Crippen LogP contribution is 2.32. The summed E-state index contributed by atoms with van der Waals surface area (Å²) >= 11 is 0. The van der Waals surface area contributed by atoms with Crippen LogP contribution in [0.25, 0.3) is 0 Å². The van der Waals surface area contributed by atoms with E-state index < -0.39 is 0 Å². The van der Waals surface area contributed by atoms with Crippen molar-refractivity contribution >= 4 is 11.7 Å². The average molecular weight is 373 g/mol. The summed E-state index contributed by atoms with van der Waals surface area (Å²) < 4.78 is 18.5. The molecule has 0 spiro atoms. The Labute approximate surface area is 157 Å². The molecule has 2 aliphatic rings. The Morgan fingerprint density at radius 1 is 1.37 bits per heavy atom. The first-order chi connectivity index (χ1) is 13.1. The van der Waals surface area contributed by atoms with E-state index in [1.165, 1.54) is 12.1 Å². The van der Waals surface area contributed by atoms with Gasteiger partial charge in [-0.25, -0.2) is 9.18 Å². The van der Waals surface area contributed by atoms with Crippen LogP contribution in [0.2, 0.25) is 0 Å². The predicted molar refractivity (Wildman–Crippen MR) is 98.6 cm³/mol. The summed E-state index contributed by atoms with van der Waals surface area (Å²) in [5.74, 6) is 1.06. The molecule has 3 unspecified atom stereocenters. The summed E-state index contributed by atoms with van der Waals surface area (Å²) in [7, 11) is 0. The number of carbonyl (C=O) groups is 1. The smallest absolute Gasteiger partial charge is 0.321 e. The maximum atomic E-state index is 13.0. The van der Waals surface area contributed by atoms with Crippen molar-refractivity contribution in [2.75, 3.05) is 25.0 Å². The number of nitrogens with zero attached hydrogens (tertiary/aromatic N) is 2. The zero-order chi connectivity index (χ0) is 18.8. The first-order valence-corrected chi connectivity index (χ1v) is 9.33. The van der Waals surface area contributed by atoms with Crippen molar-refractivity contribution in [1.82, 2.24) is 20.9 Å². The number of carbonyl (C=O) groups excluding carboxylic acids is 1. The van der Waals surface area contributed by atoms with E-state index in [4.69, 9.17) is 4.52 Å². The van der Waals surface area contributed by atoms with Gasteiger partial charge >= 0.3 is 6.03 Å². The molecular weight excluding hydrogens is 349 g/mol. The van der Waals surface area contributed by atoms with Crippen molar-refractivity contribution in [3.05, 3.63) is 47.6 Å². The van der Waals surface area contributed by atoms with Crippen LogP contribution < -0.4 is 16.2 Å². The van der Waals surface area contributed by atoms with Crippen molar-refractivity contribution in [3.63, 3.8) is 0 Å². The van der Waals surface area contributed by atoms with Gasteiger partial charge in [0.2, 0.25) is 0 Å². The van der Waals surface area contributed by atoms with Crippen LogP contribution in [-0.2, 0) is 0 Å². The summed E-state index contributed by atoms with van der Waals surface area (Å²) in [5.41, 5.74) is 8.06. The van der Waals surface area contributed by atoms with Crippen molar-refractivity contribution in [1.29, 1.82) is 0 Å². The van der Waals surface area contributed by atoms with Crippen LogP contribution in [0.15, 0.2) is 34.9 Å². The number of anilines is 1. The number of benzene rings is 1. The molecule has 1 aromatic carbocycles. The van der Waals surface area contributed by atoms with E-state index in [0.29, 0.717) is 18.2 Å². The van der Waals surface area contributed by atoms with Gasteiger partial charge in [0.15, 0.2) is 0 Å². The van der Waals surface area contributed by atoms with E-state index in [-0.39, 0.29) is 23.8 Å². The highest BCUT2D eigenvalue weighted by Gasteiger charge is 2.39. The molecule has 3 atom stereocenters. The molecule has 27 heavy (non-hydrogen) atoms. The van der Waals surface area contributed by atoms with E-state index in [1.54, 1.807) is 12.1 Å². The molecule has 2 amide bonds. The van der Waals surface area contributed by atoms with Gasteiger partial charge in [-0.05, 0) is 49.9 Å². The lowest BCUT2D eigenvalue weighted by molar-refractivity contribution is 0.156. The highest BCUT2D eigenvalue weighted by atomic mass is 19.1. The van der Waals surface area contributed by atoms with Crippen LogP contribution in [0.5, 0.6) is 0 Å². The van der Waals surface area contributed by atoms with Crippen LogP contribution in [0.3, 0.4) is 0 Å². The summed E-state index contributed by atoms with van der Waals surface area (Å²) in [4.78, 5) is 14.5. The predicted octanol–water partition coefficient (Wildman–Crippen LogP) is 2.63. The van der Waals surface area contributed by atoms with Gasteiger partial charge in [-0.3, -0.25) is 10.9 Å². The Morgan fingerprint density at radius 2 is 2.19 bits per heavy atom. The fourth-order valence-electron chi connectivity index (χ4n) is 4.02. The van der Waals surface area contributed by atoms with E-state index in [9.17, 15) is 9.18 Å². The Bertz CT molecular complexity index is 794. The van der Waals surface area contributed by atoms with Gasteiger partial charge < -0.3 is 14.7 Å². The third-order valence-corrected chi connectivity index (χ3v) is 5.38. The Morgan fingerprint density at radius 3 is 2.93 bits per heavy atom. The Hall–Kier alpha value is -2.45. The van der Waals surface area contributed by atoms with Crippen LogP contribution in [0.1, 0.15) is 30.2 Å².